The van der Waals surface area contributed by atoms with Crippen LogP contribution in [0.2, 0.25) is 0 Å². The summed E-state index contributed by atoms with van der Waals surface area (Å²) in [6, 6.07) is 1.94. The van der Waals surface area contributed by atoms with Gasteiger partial charge in [0.15, 0.2) is 0 Å². The van der Waals surface area contributed by atoms with Crippen molar-refractivity contribution in [3.8, 4) is 0 Å². The summed E-state index contributed by atoms with van der Waals surface area (Å²) < 4.78 is 5.21. The van der Waals surface area contributed by atoms with Crippen molar-refractivity contribution < 1.29 is 9.21 Å². The molecule has 1 aliphatic carbocycles. The largest absolute Gasteiger partial charge is 0.468 e. The topological polar surface area (TPSA) is 30.2 Å². The predicted octanol–water partition coefficient (Wildman–Crippen LogP) is 3.83. The highest BCUT2D eigenvalue weighted by atomic mass is 32.2. The van der Waals surface area contributed by atoms with Crippen LogP contribution in [0.15, 0.2) is 21.6 Å². The minimum absolute atomic E-state index is 0.327. The fraction of sp³-hybridized carbons (Fsp3) is 0.615. The molecule has 1 saturated carbocycles. The number of thioether (sulfide) groups is 1. The van der Waals surface area contributed by atoms with Crippen LogP contribution in [-0.4, -0.2) is 11.5 Å². The van der Waals surface area contributed by atoms with Crippen LogP contribution >= 0.6 is 11.8 Å². The van der Waals surface area contributed by atoms with Crippen LogP contribution in [0.4, 0.5) is 0 Å². The molecule has 0 aromatic carbocycles. The zero-order chi connectivity index (χ0) is 11.4. The second kappa shape index (κ2) is 5.58. The van der Waals surface area contributed by atoms with Crippen molar-refractivity contribution in [1.29, 1.82) is 0 Å². The molecular formula is C13H18O2S. The lowest BCUT2D eigenvalue weighted by Crippen LogP contribution is -2.19. The molecule has 0 aliphatic heterocycles. The van der Waals surface area contributed by atoms with Crippen LogP contribution in [0.1, 0.15) is 37.9 Å². The van der Waals surface area contributed by atoms with Crippen LogP contribution < -0.4 is 0 Å². The van der Waals surface area contributed by atoms with Crippen molar-refractivity contribution in [3.63, 3.8) is 0 Å². The summed E-state index contributed by atoms with van der Waals surface area (Å²) in [4.78, 5) is 13.1. The molecule has 1 aromatic rings. The molecule has 16 heavy (non-hydrogen) atoms. The van der Waals surface area contributed by atoms with Crippen molar-refractivity contribution in [2.24, 2.45) is 5.92 Å². The van der Waals surface area contributed by atoms with Crippen LogP contribution in [0, 0.1) is 12.8 Å². The Morgan fingerprint density at radius 1 is 1.44 bits per heavy atom. The summed E-state index contributed by atoms with van der Waals surface area (Å²) in [5, 5.41) is 0. The number of ketones is 1. The van der Waals surface area contributed by atoms with Gasteiger partial charge in [0.05, 0.1) is 12.0 Å². The summed E-state index contributed by atoms with van der Waals surface area (Å²) in [7, 11) is 0. The molecule has 0 radical (unpaired) electrons. The highest BCUT2D eigenvalue weighted by Gasteiger charge is 2.21. The third-order valence-corrected chi connectivity index (χ3v) is 4.41. The minimum Gasteiger partial charge on any atom is -0.468 e. The van der Waals surface area contributed by atoms with E-state index in [0.29, 0.717) is 17.5 Å². The van der Waals surface area contributed by atoms with E-state index in [-0.39, 0.29) is 0 Å². The number of carbonyl (C=O) groups excluding carboxylic acids is 1. The Labute approximate surface area is 101 Å². The van der Waals surface area contributed by atoms with Gasteiger partial charge in [-0.2, -0.15) is 0 Å². The molecular weight excluding hydrogens is 220 g/mol. The summed E-state index contributed by atoms with van der Waals surface area (Å²) in [5.74, 6) is 2.27. The fourth-order valence-corrected chi connectivity index (χ4v) is 3.15. The zero-order valence-electron chi connectivity index (χ0n) is 9.70. The first kappa shape index (κ1) is 11.8. The van der Waals surface area contributed by atoms with Gasteiger partial charge in [-0.15, -0.1) is 11.8 Å². The summed E-state index contributed by atoms with van der Waals surface area (Å²) in [6.45, 7) is 1.94. The van der Waals surface area contributed by atoms with E-state index in [1.165, 1.54) is 19.3 Å². The smallest absolute Gasteiger partial charge is 0.146 e. The Bertz CT molecular complexity index is 351. The van der Waals surface area contributed by atoms with E-state index in [9.17, 15) is 4.79 Å². The number of aryl methyl sites for hydroxylation is 1. The van der Waals surface area contributed by atoms with Crippen LogP contribution in [-0.2, 0) is 4.79 Å². The number of Topliss-reactive ketones (excluding diaryl/α,β-unsaturated/α-hetero) is 1. The number of hydrogen-bond donors (Lipinski definition) is 0. The molecule has 0 unspecified atom stereocenters. The van der Waals surface area contributed by atoms with Crippen molar-refractivity contribution in [2.45, 2.75) is 43.9 Å². The van der Waals surface area contributed by atoms with Gasteiger partial charge >= 0.3 is 0 Å². The van der Waals surface area contributed by atoms with Gasteiger partial charge in [-0.25, -0.2) is 0 Å². The maximum Gasteiger partial charge on any atom is 0.146 e. The Morgan fingerprint density at radius 2 is 2.19 bits per heavy atom. The Hall–Kier alpha value is -0.700. The highest BCUT2D eigenvalue weighted by Crippen LogP contribution is 2.28. The van der Waals surface area contributed by atoms with E-state index >= 15 is 0 Å². The fourth-order valence-electron chi connectivity index (χ4n) is 2.21. The highest BCUT2D eigenvalue weighted by molar-refractivity contribution is 8.00. The monoisotopic (exact) mass is 238 g/mol. The molecule has 0 atom stereocenters. The molecule has 1 fully saturated rings. The van der Waals surface area contributed by atoms with Gasteiger partial charge < -0.3 is 4.42 Å². The Balaban J connectivity index is 1.81. The number of carbonyl (C=O) groups is 1. The van der Waals surface area contributed by atoms with Gasteiger partial charge in [0, 0.05) is 10.8 Å². The second-order valence-corrected chi connectivity index (χ2v) is 5.45. The van der Waals surface area contributed by atoms with E-state index in [1.54, 1.807) is 18.0 Å². The van der Waals surface area contributed by atoms with E-state index in [0.717, 1.165) is 23.5 Å². The lowest BCUT2D eigenvalue weighted by Gasteiger charge is -2.19. The maximum absolute atomic E-state index is 12.0. The third kappa shape index (κ3) is 2.91. The molecule has 0 bridgehead atoms. The zero-order valence-corrected chi connectivity index (χ0v) is 10.5. The molecule has 2 rings (SSSR count). The van der Waals surface area contributed by atoms with Gasteiger partial charge in [-0.05, 0) is 25.8 Å². The first-order chi connectivity index (χ1) is 7.77. The van der Waals surface area contributed by atoms with Crippen LogP contribution in [0.3, 0.4) is 0 Å². The molecule has 2 nitrogen and oxygen atoms in total. The average molecular weight is 238 g/mol. The van der Waals surface area contributed by atoms with Crippen molar-refractivity contribution in [2.75, 3.05) is 5.75 Å². The maximum atomic E-state index is 12.0. The van der Waals surface area contributed by atoms with E-state index in [1.807, 2.05) is 13.0 Å². The van der Waals surface area contributed by atoms with Crippen molar-refractivity contribution in [3.05, 3.63) is 18.1 Å². The van der Waals surface area contributed by atoms with Crippen molar-refractivity contribution >= 4 is 17.5 Å². The van der Waals surface area contributed by atoms with Crippen LogP contribution in [0.5, 0.6) is 0 Å². The lowest BCUT2D eigenvalue weighted by atomic mass is 9.87. The van der Waals surface area contributed by atoms with E-state index < -0.39 is 0 Å². The summed E-state index contributed by atoms with van der Waals surface area (Å²) >= 11 is 1.61. The van der Waals surface area contributed by atoms with E-state index in [4.69, 9.17) is 4.42 Å². The molecule has 88 valence electrons. The molecule has 1 aliphatic rings. The first-order valence-corrected chi connectivity index (χ1v) is 6.95. The molecule has 0 spiro atoms. The molecule has 0 amide bonds. The molecule has 3 heteroatoms. The van der Waals surface area contributed by atoms with Gasteiger partial charge in [0.25, 0.3) is 0 Å². The van der Waals surface area contributed by atoms with Gasteiger partial charge in [0.2, 0.25) is 0 Å². The van der Waals surface area contributed by atoms with Gasteiger partial charge in [-0.3, -0.25) is 4.79 Å². The number of hydrogen-bond acceptors (Lipinski definition) is 3. The molecule has 1 aromatic heterocycles. The summed E-state index contributed by atoms with van der Waals surface area (Å²) in [5.41, 5.74) is 0. The minimum atomic E-state index is 0.327. The average Bonchev–Trinajstić information content (AvgIpc) is 2.73. The lowest BCUT2D eigenvalue weighted by molar-refractivity contribution is -0.121. The SMILES string of the molecule is Cc1occc1SCC(=O)C1CCCCC1. The third-order valence-electron chi connectivity index (χ3n) is 3.24. The Morgan fingerprint density at radius 3 is 2.81 bits per heavy atom. The molecule has 1 heterocycles. The van der Waals surface area contributed by atoms with E-state index in [2.05, 4.69) is 0 Å². The Kier molecular flexibility index (Phi) is 4.10. The van der Waals surface area contributed by atoms with Gasteiger partial charge in [-0.1, -0.05) is 19.3 Å². The standard InChI is InChI=1S/C13H18O2S/c1-10-13(7-8-15-10)16-9-12(14)11-5-3-2-4-6-11/h7-8,11H,2-6,9H2,1H3. The van der Waals surface area contributed by atoms with Crippen molar-refractivity contribution in [1.82, 2.24) is 0 Å². The van der Waals surface area contributed by atoms with Crippen LogP contribution in [0.25, 0.3) is 0 Å². The number of furan rings is 1. The van der Waals surface area contributed by atoms with Gasteiger partial charge in [0.1, 0.15) is 11.5 Å². The first-order valence-electron chi connectivity index (χ1n) is 5.97. The quantitative estimate of drug-likeness (QED) is 0.747. The molecule has 0 saturated heterocycles. The normalized spacial score (nSPS) is 17.6. The molecule has 0 N–H and O–H groups in total. The second-order valence-electron chi connectivity index (χ2n) is 4.43. The number of rotatable bonds is 4. The predicted molar refractivity (Wildman–Crippen MR) is 65.8 cm³/mol. The summed E-state index contributed by atoms with van der Waals surface area (Å²) in [6.07, 6.45) is 7.64.